The third-order valence-electron chi connectivity index (χ3n) is 3.90. The first-order valence-corrected chi connectivity index (χ1v) is 7.90. The molecule has 0 amide bonds. The molecule has 7 nitrogen and oxygen atoms in total. The lowest BCUT2D eigenvalue weighted by Gasteiger charge is -2.19. The number of anilines is 1. The van der Waals surface area contributed by atoms with Gasteiger partial charge in [-0.3, -0.25) is 24.9 Å². The maximum atomic E-state index is 12.5. The largest absolute Gasteiger partial charge is 0.363 e. The Morgan fingerprint density at radius 2 is 1.88 bits per heavy atom. The average molecular weight is 348 g/mol. The fourth-order valence-electron chi connectivity index (χ4n) is 2.63. The van der Waals surface area contributed by atoms with Crippen molar-refractivity contribution >= 4 is 17.2 Å². The number of hydrogen-bond acceptors (Lipinski definition) is 6. The Bertz CT molecular complexity index is 930. The minimum absolute atomic E-state index is 0.127. The highest BCUT2D eigenvalue weighted by molar-refractivity contribution is 6.09. The highest BCUT2D eigenvalue weighted by atomic mass is 16.6. The maximum absolute atomic E-state index is 12.5. The first kappa shape index (κ1) is 17.2. The van der Waals surface area contributed by atoms with Crippen LogP contribution >= 0.6 is 0 Å². The molecule has 0 fully saturated rings. The summed E-state index contributed by atoms with van der Waals surface area (Å²) in [6.07, 6.45) is 4.74. The Labute approximate surface area is 150 Å². The number of nitrogens with zero attached hydrogens (tertiary/aromatic N) is 4. The minimum Gasteiger partial charge on any atom is -0.363 e. The van der Waals surface area contributed by atoms with Crippen molar-refractivity contribution in [2.24, 2.45) is 0 Å². The Kier molecular flexibility index (Phi) is 4.98. The fourth-order valence-corrected chi connectivity index (χ4v) is 2.63. The molecule has 2 aromatic carbocycles. The van der Waals surface area contributed by atoms with E-state index in [-0.39, 0.29) is 17.0 Å². The van der Waals surface area contributed by atoms with Crippen LogP contribution in [0.5, 0.6) is 0 Å². The molecule has 0 atom stereocenters. The summed E-state index contributed by atoms with van der Waals surface area (Å²) in [6.45, 7) is 0.362. The van der Waals surface area contributed by atoms with Gasteiger partial charge in [-0.1, -0.05) is 30.3 Å². The van der Waals surface area contributed by atoms with Crippen molar-refractivity contribution in [3.8, 4) is 0 Å². The molecule has 0 unspecified atom stereocenters. The van der Waals surface area contributed by atoms with Crippen LogP contribution in [-0.4, -0.2) is 27.7 Å². The zero-order valence-corrected chi connectivity index (χ0v) is 14.1. The summed E-state index contributed by atoms with van der Waals surface area (Å²) < 4.78 is 0. The van der Waals surface area contributed by atoms with Crippen molar-refractivity contribution in [2.75, 3.05) is 11.9 Å². The van der Waals surface area contributed by atoms with Crippen LogP contribution < -0.4 is 4.90 Å². The lowest BCUT2D eigenvalue weighted by Crippen LogP contribution is -2.19. The van der Waals surface area contributed by atoms with Gasteiger partial charge < -0.3 is 4.90 Å². The van der Waals surface area contributed by atoms with Gasteiger partial charge in [0.1, 0.15) is 5.69 Å². The molecule has 0 saturated heterocycles. The zero-order valence-electron chi connectivity index (χ0n) is 14.1. The van der Waals surface area contributed by atoms with Gasteiger partial charge in [-0.05, 0) is 12.1 Å². The van der Waals surface area contributed by atoms with E-state index in [9.17, 15) is 14.9 Å². The Morgan fingerprint density at radius 1 is 1.12 bits per heavy atom. The standard InChI is InChI=1S/C19H16N4O3/c1-22(13-16-12-20-9-10-21-16)17-8-7-15(11-18(17)23(25)26)19(24)14-5-3-2-4-6-14/h2-12H,13H2,1H3. The van der Waals surface area contributed by atoms with Crippen LogP contribution in [0.3, 0.4) is 0 Å². The number of aromatic nitrogens is 2. The molecule has 0 aliphatic carbocycles. The number of nitro benzene ring substituents is 1. The second-order valence-corrected chi connectivity index (χ2v) is 5.71. The quantitative estimate of drug-likeness (QED) is 0.386. The van der Waals surface area contributed by atoms with Gasteiger partial charge in [-0.15, -0.1) is 0 Å². The number of benzene rings is 2. The highest BCUT2D eigenvalue weighted by Crippen LogP contribution is 2.30. The maximum Gasteiger partial charge on any atom is 0.293 e. The molecule has 1 aromatic heterocycles. The number of carbonyl (C=O) groups excluding carboxylic acids is 1. The molecule has 0 aliphatic rings. The van der Waals surface area contributed by atoms with Gasteiger partial charge in [0, 0.05) is 36.6 Å². The van der Waals surface area contributed by atoms with Gasteiger partial charge in [0.2, 0.25) is 0 Å². The summed E-state index contributed by atoms with van der Waals surface area (Å²) in [5, 5.41) is 11.5. The van der Waals surface area contributed by atoms with Crippen molar-refractivity contribution in [3.63, 3.8) is 0 Å². The van der Waals surface area contributed by atoms with Crippen molar-refractivity contribution in [3.05, 3.63) is 94.1 Å². The molecule has 7 heteroatoms. The first-order valence-electron chi connectivity index (χ1n) is 7.90. The first-order chi connectivity index (χ1) is 12.6. The number of ketones is 1. The second-order valence-electron chi connectivity index (χ2n) is 5.71. The smallest absolute Gasteiger partial charge is 0.293 e. The Morgan fingerprint density at radius 3 is 2.54 bits per heavy atom. The van der Waals surface area contributed by atoms with E-state index in [1.165, 1.54) is 6.07 Å². The SMILES string of the molecule is CN(Cc1cnccn1)c1ccc(C(=O)c2ccccc2)cc1[N+](=O)[O-]. The number of carbonyl (C=O) groups is 1. The number of nitro groups is 1. The average Bonchev–Trinajstić information content (AvgIpc) is 2.68. The summed E-state index contributed by atoms with van der Waals surface area (Å²) in [6, 6.07) is 13.2. The van der Waals surface area contributed by atoms with Crippen LogP contribution in [0.15, 0.2) is 67.1 Å². The summed E-state index contributed by atoms with van der Waals surface area (Å²) >= 11 is 0. The summed E-state index contributed by atoms with van der Waals surface area (Å²) in [5.41, 5.74) is 1.74. The fraction of sp³-hybridized carbons (Fsp3) is 0.105. The van der Waals surface area contributed by atoms with Crippen LogP contribution in [0.25, 0.3) is 0 Å². The lowest BCUT2D eigenvalue weighted by atomic mass is 10.0. The van der Waals surface area contributed by atoms with Crippen LogP contribution in [0.2, 0.25) is 0 Å². The molecule has 130 valence electrons. The molecule has 0 aliphatic heterocycles. The van der Waals surface area contributed by atoms with E-state index < -0.39 is 4.92 Å². The molecule has 1 heterocycles. The van der Waals surface area contributed by atoms with E-state index in [0.717, 1.165) is 0 Å². The van der Waals surface area contributed by atoms with E-state index in [2.05, 4.69) is 9.97 Å². The number of hydrogen-bond donors (Lipinski definition) is 0. The van der Waals surface area contributed by atoms with Gasteiger partial charge in [-0.2, -0.15) is 0 Å². The van der Waals surface area contributed by atoms with Crippen LogP contribution in [0.1, 0.15) is 21.6 Å². The third-order valence-corrected chi connectivity index (χ3v) is 3.90. The van der Waals surface area contributed by atoms with Crippen molar-refractivity contribution in [1.29, 1.82) is 0 Å². The molecule has 0 N–H and O–H groups in total. The number of rotatable bonds is 6. The van der Waals surface area contributed by atoms with Gasteiger partial charge >= 0.3 is 0 Å². The van der Waals surface area contributed by atoms with Crippen molar-refractivity contribution < 1.29 is 9.72 Å². The van der Waals surface area contributed by atoms with Gasteiger partial charge in [-0.25, -0.2) is 0 Å². The molecule has 26 heavy (non-hydrogen) atoms. The molecular formula is C19H16N4O3. The predicted octanol–water partition coefficient (Wildman–Crippen LogP) is 3.25. The topological polar surface area (TPSA) is 89.2 Å². The van der Waals surface area contributed by atoms with Gasteiger partial charge in [0.25, 0.3) is 5.69 Å². The molecule has 0 bridgehead atoms. The minimum atomic E-state index is -0.482. The molecule has 3 rings (SSSR count). The zero-order chi connectivity index (χ0) is 18.5. The van der Waals surface area contributed by atoms with Crippen LogP contribution in [0.4, 0.5) is 11.4 Å². The summed E-state index contributed by atoms with van der Waals surface area (Å²) in [5.74, 6) is -0.253. The normalized spacial score (nSPS) is 10.3. The van der Waals surface area contributed by atoms with Crippen LogP contribution in [0, 0.1) is 10.1 Å². The van der Waals surface area contributed by atoms with E-state index in [4.69, 9.17) is 0 Å². The van der Waals surface area contributed by atoms with Crippen molar-refractivity contribution in [2.45, 2.75) is 6.54 Å². The van der Waals surface area contributed by atoms with Crippen molar-refractivity contribution in [1.82, 2.24) is 9.97 Å². The molecule has 0 saturated carbocycles. The van der Waals surface area contributed by atoms with E-state index in [0.29, 0.717) is 23.5 Å². The second kappa shape index (κ2) is 7.52. The third kappa shape index (κ3) is 3.72. The van der Waals surface area contributed by atoms with Crippen LogP contribution in [-0.2, 0) is 6.54 Å². The van der Waals surface area contributed by atoms with E-state index in [1.807, 2.05) is 6.07 Å². The Hall–Kier alpha value is -3.61. The molecular weight excluding hydrogens is 332 g/mol. The van der Waals surface area contributed by atoms with E-state index in [1.54, 1.807) is 66.9 Å². The summed E-state index contributed by atoms with van der Waals surface area (Å²) in [4.78, 5) is 33.5. The van der Waals surface area contributed by atoms with E-state index >= 15 is 0 Å². The van der Waals surface area contributed by atoms with Gasteiger partial charge in [0.15, 0.2) is 5.78 Å². The van der Waals surface area contributed by atoms with Gasteiger partial charge in [0.05, 0.1) is 23.4 Å². The lowest BCUT2D eigenvalue weighted by molar-refractivity contribution is -0.384. The Balaban J connectivity index is 1.92. The highest BCUT2D eigenvalue weighted by Gasteiger charge is 2.21. The monoisotopic (exact) mass is 348 g/mol. The molecule has 3 aromatic rings. The predicted molar refractivity (Wildman–Crippen MR) is 97.1 cm³/mol. The molecule has 0 radical (unpaired) electrons. The summed E-state index contributed by atoms with van der Waals surface area (Å²) in [7, 11) is 1.73. The molecule has 0 spiro atoms.